The average Bonchev–Trinajstić information content (AvgIpc) is 2.68. The van der Waals surface area contributed by atoms with Crippen LogP contribution in [0.2, 0.25) is 0 Å². The summed E-state index contributed by atoms with van der Waals surface area (Å²) in [6, 6.07) is 0.288. The standard InChI is InChI=1S/C9H16N2O2/c12-6-7-5-8(7)10-9(13)11-3-1-2-4-11/h7-8,12H,1-6H2,(H,10,13). The summed E-state index contributed by atoms with van der Waals surface area (Å²) in [6.45, 7) is 1.98. The number of aliphatic hydroxyl groups excluding tert-OH is 1. The number of rotatable bonds is 2. The van der Waals surface area contributed by atoms with Crippen molar-refractivity contribution in [2.45, 2.75) is 25.3 Å². The number of carbonyl (C=O) groups is 1. The zero-order valence-electron chi connectivity index (χ0n) is 7.70. The first-order chi connectivity index (χ1) is 6.31. The van der Waals surface area contributed by atoms with Crippen molar-refractivity contribution in [2.24, 2.45) is 5.92 Å². The van der Waals surface area contributed by atoms with Crippen molar-refractivity contribution in [3.63, 3.8) is 0 Å². The van der Waals surface area contributed by atoms with Crippen LogP contribution in [0.3, 0.4) is 0 Å². The largest absolute Gasteiger partial charge is 0.396 e. The molecule has 1 aliphatic heterocycles. The second-order valence-corrected chi connectivity index (χ2v) is 3.93. The molecule has 2 N–H and O–H groups in total. The Labute approximate surface area is 77.9 Å². The number of likely N-dealkylation sites (tertiary alicyclic amines) is 1. The minimum absolute atomic E-state index is 0.0541. The molecule has 0 aromatic rings. The topological polar surface area (TPSA) is 52.6 Å². The molecule has 1 saturated heterocycles. The molecule has 1 aliphatic carbocycles. The first kappa shape index (κ1) is 8.81. The van der Waals surface area contributed by atoms with E-state index in [0.29, 0.717) is 5.92 Å². The van der Waals surface area contributed by atoms with E-state index in [0.717, 1.165) is 32.4 Å². The minimum atomic E-state index is 0.0541. The fourth-order valence-electron chi connectivity index (χ4n) is 1.80. The van der Waals surface area contributed by atoms with Gasteiger partial charge >= 0.3 is 6.03 Å². The highest BCUT2D eigenvalue weighted by atomic mass is 16.3. The van der Waals surface area contributed by atoms with E-state index in [2.05, 4.69) is 5.32 Å². The molecular weight excluding hydrogens is 168 g/mol. The Morgan fingerprint density at radius 1 is 1.46 bits per heavy atom. The number of urea groups is 1. The van der Waals surface area contributed by atoms with Gasteiger partial charge in [-0.3, -0.25) is 0 Å². The lowest BCUT2D eigenvalue weighted by molar-refractivity contribution is 0.206. The molecule has 2 aliphatic rings. The van der Waals surface area contributed by atoms with Gasteiger partial charge in [-0.15, -0.1) is 0 Å². The molecule has 0 aromatic heterocycles. The third-order valence-electron chi connectivity index (χ3n) is 2.86. The number of amides is 2. The monoisotopic (exact) mass is 184 g/mol. The normalized spacial score (nSPS) is 31.9. The predicted molar refractivity (Wildman–Crippen MR) is 48.3 cm³/mol. The number of nitrogens with one attached hydrogen (secondary N) is 1. The number of nitrogens with zero attached hydrogens (tertiary/aromatic N) is 1. The fraction of sp³-hybridized carbons (Fsp3) is 0.889. The smallest absolute Gasteiger partial charge is 0.317 e. The van der Waals surface area contributed by atoms with E-state index in [-0.39, 0.29) is 18.7 Å². The summed E-state index contributed by atoms with van der Waals surface area (Å²) >= 11 is 0. The molecular formula is C9H16N2O2. The summed E-state index contributed by atoms with van der Waals surface area (Å²) in [6.07, 6.45) is 3.19. The second-order valence-electron chi connectivity index (χ2n) is 3.93. The van der Waals surface area contributed by atoms with Gasteiger partial charge in [0, 0.05) is 31.7 Å². The molecule has 2 fully saturated rings. The summed E-state index contributed by atoms with van der Waals surface area (Å²) in [5.41, 5.74) is 0. The van der Waals surface area contributed by atoms with Crippen LogP contribution in [0.4, 0.5) is 4.79 Å². The molecule has 1 saturated carbocycles. The third-order valence-corrected chi connectivity index (χ3v) is 2.86. The van der Waals surface area contributed by atoms with Gasteiger partial charge in [0.25, 0.3) is 0 Å². The van der Waals surface area contributed by atoms with Gasteiger partial charge < -0.3 is 15.3 Å². The maximum Gasteiger partial charge on any atom is 0.317 e. The fourth-order valence-corrected chi connectivity index (χ4v) is 1.80. The summed E-state index contributed by atoms with van der Waals surface area (Å²) < 4.78 is 0. The van der Waals surface area contributed by atoms with E-state index in [1.807, 2.05) is 4.90 Å². The van der Waals surface area contributed by atoms with Crippen LogP contribution < -0.4 is 5.32 Å². The molecule has 0 aromatic carbocycles. The Balaban J connectivity index is 1.72. The lowest BCUT2D eigenvalue weighted by atomic mass is 10.4. The molecule has 2 rings (SSSR count). The molecule has 1 heterocycles. The van der Waals surface area contributed by atoms with E-state index in [9.17, 15) is 4.79 Å². The number of aliphatic hydroxyl groups is 1. The van der Waals surface area contributed by atoms with Crippen LogP contribution in [0, 0.1) is 5.92 Å². The van der Waals surface area contributed by atoms with Crippen LogP contribution in [0.15, 0.2) is 0 Å². The van der Waals surface area contributed by atoms with Crippen LogP contribution in [0.25, 0.3) is 0 Å². The molecule has 2 atom stereocenters. The molecule has 74 valence electrons. The summed E-state index contributed by atoms with van der Waals surface area (Å²) in [7, 11) is 0. The van der Waals surface area contributed by atoms with Crippen molar-refractivity contribution in [3.05, 3.63) is 0 Å². The van der Waals surface area contributed by atoms with Gasteiger partial charge in [-0.2, -0.15) is 0 Å². The first-order valence-electron chi connectivity index (χ1n) is 4.97. The highest BCUT2D eigenvalue weighted by molar-refractivity contribution is 5.75. The first-order valence-corrected chi connectivity index (χ1v) is 4.97. The van der Waals surface area contributed by atoms with Crippen molar-refractivity contribution in [1.29, 1.82) is 0 Å². The maximum atomic E-state index is 11.5. The molecule has 0 radical (unpaired) electrons. The van der Waals surface area contributed by atoms with E-state index in [4.69, 9.17) is 5.11 Å². The summed E-state index contributed by atoms with van der Waals surface area (Å²) in [5.74, 6) is 0.312. The highest BCUT2D eigenvalue weighted by Crippen LogP contribution is 2.29. The van der Waals surface area contributed by atoms with Gasteiger partial charge in [-0.05, 0) is 19.3 Å². The SMILES string of the molecule is O=C(NC1CC1CO)N1CCCC1. The molecule has 0 bridgehead atoms. The molecule has 2 amide bonds. The van der Waals surface area contributed by atoms with Gasteiger partial charge in [0.2, 0.25) is 0 Å². The Bertz CT molecular complexity index is 202. The number of hydrogen-bond donors (Lipinski definition) is 2. The van der Waals surface area contributed by atoms with E-state index in [1.165, 1.54) is 0 Å². The summed E-state index contributed by atoms with van der Waals surface area (Å²) in [5, 5.41) is 11.7. The van der Waals surface area contributed by atoms with Crippen LogP contribution in [-0.2, 0) is 0 Å². The zero-order valence-corrected chi connectivity index (χ0v) is 7.70. The zero-order chi connectivity index (χ0) is 9.26. The van der Waals surface area contributed by atoms with Gasteiger partial charge in [0.1, 0.15) is 0 Å². The van der Waals surface area contributed by atoms with Gasteiger partial charge in [0.05, 0.1) is 0 Å². The Morgan fingerprint density at radius 3 is 2.69 bits per heavy atom. The summed E-state index contributed by atoms with van der Waals surface area (Å²) in [4.78, 5) is 13.3. The van der Waals surface area contributed by atoms with Crippen molar-refractivity contribution in [2.75, 3.05) is 19.7 Å². The Morgan fingerprint density at radius 2 is 2.15 bits per heavy atom. The molecule has 0 spiro atoms. The lowest BCUT2D eigenvalue weighted by Gasteiger charge is -2.15. The Kier molecular flexibility index (Phi) is 2.40. The molecule has 4 heteroatoms. The quantitative estimate of drug-likeness (QED) is 0.643. The van der Waals surface area contributed by atoms with Crippen molar-refractivity contribution < 1.29 is 9.90 Å². The average molecular weight is 184 g/mol. The minimum Gasteiger partial charge on any atom is -0.396 e. The van der Waals surface area contributed by atoms with Crippen LogP contribution in [0.5, 0.6) is 0 Å². The number of hydrogen-bond acceptors (Lipinski definition) is 2. The van der Waals surface area contributed by atoms with Crippen LogP contribution >= 0.6 is 0 Å². The van der Waals surface area contributed by atoms with E-state index < -0.39 is 0 Å². The van der Waals surface area contributed by atoms with Crippen molar-refractivity contribution >= 4 is 6.03 Å². The van der Waals surface area contributed by atoms with Gasteiger partial charge in [-0.1, -0.05) is 0 Å². The van der Waals surface area contributed by atoms with E-state index in [1.54, 1.807) is 0 Å². The number of carbonyl (C=O) groups excluding carboxylic acids is 1. The Hall–Kier alpha value is -0.770. The predicted octanol–water partition coefficient (Wildman–Crippen LogP) is 0.173. The lowest BCUT2D eigenvalue weighted by Crippen LogP contribution is -2.39. The van der Waals surface area contributed by atoms with Gasteiger partial charge in [0.15, 0.2) is 0 Å². The van der Waals surface area contributed by atoms with Crippen LogP contribution in [-0.4, -0.2) is 41.8 Å². The van der Waals surface area contributed by atoms with Crippen LogP contribution in [0.1, 0.15) is 19.3 Å². The van der Waals surface area contributed by atoms with Gasteiger partial charge in [-0.25, -0.2) is 4.79 Å². The third kappa shape index (κ3) is 1.94. The highest BCUT2D eigenvalue weighted by Gasteiger charge is 2.38. The van der Waals surface area contributed by atoms with Crippen molar-refractivity contribution in [1.82, 2.24) is 10.2 Å². The maximum absolute atomic E-state index is 11.5. The second kappa shape index (κ2) is 3.54. The molecule has 4 nitrogen and oxygen atoms in total. The molecule has 13 heavy (non-hydrogen) atoms. The van der Waals surface area contributed by atoms with Crippen molar-refractivity contribution in [3.8, 4) is 0 Å². The molecule has 2 unspecified atom stereocenters. The van der Waals surface area contributed by atoms with E-state index >= 15 is 0 Å².